The molecule has 0 bridgehead atoms. The minimum atomic E-state index is -0.506. The summed E-state index contributed by atoms with van der Waals surface area (Å²) in [5, 5.41) is 2.76. The SMILES string of the molecule is CCCN1c2cc(OC)c(/C=C3/C(=O)NC(=S)N(c4ccc(CC)cc4)C3=O)cc2C(C)CC1(C)C. The van der Waals surface area contributed by atoms with Crippen molar-refractivity contribution < 1.29 is 14.3 Å². The Hall–Kier alpha value is -3.19. The van der Waals surface area contributed by atoms with E-state index in [0.717, 1.165) is 37.1 Å². The summed E-state index contributed by atoms with van der Waals surface area (Å²) in [4.78, 5) is 30.3. The number of thiocarbonyl (C=S) groups is 1. The lowest BCUT2D eigenvalue weighted by molar-refractivity contribution is -0.122. The fourth-order valence-electron chi connectivity index (χ4n) is 5.39. The number of rotatable bonds is 6. The van der Waals surface area contributed by atoms with Crippen LogP contribution < -0.4 is 19.9 Å². The standard InChI is InChI=1S/C29H35N3O3S/c1-7-13-31-24-16-25(35-6)20(14-22(24)18(3)17-29(31,4)5)15-23-26(33)30-28(36)32(27(23)34)21-11-9-19(8-2)10-12-21/h9-12,14-16,18H,7-8,13,17H2,1-6H3,(H,30,33,36)/b23-15-. The zero-order valence-corrected chi connectivity index (χ0v) is 22.8. The van der Waals surface area contributed by atoms with Gasteiger partial charge in [0, 0.05) is 29.4 Å². The van der Waals surface area contributed by atoms with Crippen LogP contribution in [0.15, 0.2) is 42.0 Å². The minimum absolute atomic E-state index is 0.0237. The Bertz CT molecular complexity index is 1230. The summed E-state index contributed by atoms with van der Waals surface area (Å²) < 4.78 is 5.76. The molecule has 190 valence electrons. The first-order valence-electron chi connectivity index (χ1n) is 12.6. The fraction of sp³-hybridized carbons (Fsp3) is 0.414. The number of benzene rings is 2. The maximum Gasteiger partial charge on any atom is 0.270 e. The molecule has 2 aromatic carbocycles. The number of anilines is 2. The average Bonchev–Trinajstić information content (AvgIpc) is 2.84. The van der Waals surface area contributed by atoms with Crippen molar-refractivity contribution in [2.75, 3.05) is 23.5 Å². The van der Waals surface area contributed by atoms with Gasteiger partial charge in [-0.2, -0.15) is 0 Å². The summed E-state index contributed by atoms with van der Waals surface area (Å²) in [5.41, 5.74) is 4.87. The molecule has 2 aromatic rings. The van der Waals surface area contributed by atoms with Gasteiger partial charge in [0.15, 0.2) is 5.11 Å². The number of fused-ring (bicyclic) bond motifs is 1. The second-order valence-electron chi connectivity index (χ2n) is 10.2. The van der Waals surface area contributed by atoms with Crippen LogP contribution in [0, 0.1) is 0 Å². The van der Waals surface area contributed by atoms with Gasteiger partial charge in [-0.25, -0.2) is 0 Å². The van der Waals surface area contributed by atoms with Crippen LogP contribution in [0.3, 0.4) is 0 Å². The molecule has 7 heteroatoms. The molecule has 0 aromatic heterocycles. The lowest BCUT2D eigenvalue weighted by Crippen LogP contribution is -2.54. The van der Waals surface area contributed by atoms with Crippen molar-refractivity contribution in [1.29, 1.82) is 0 Å². The number of nitrogens with one attached hydrogen (secondary N) is 1. The summed E-state index contributed by atoms with van der Waals surface area (Å²) in [6, 6.07) is 11.7. The van der Waals surface area contributed by atoms with Crippen LogP contribution in [0.5, 0.6) is 5.75 Å². The van der Waals surface area contributed by atoms with Crippen molar-refractivity contribution >= 4 is 46.6 Å². The fourth-order valence-corrected chi connectivity index (χ4v) is 5.67. The molecule has 0 radical (unpaired) electrons. The molecule has 1 unspecified atom stereocenters. The second kappa shape index (κ2) is 10.1. The van der Waals surface area contributed by atoms with Gasteiger partial charge in [-0.1, -0.05) is 32.9 Å². The molecular weight excluding hydrogens is 470 g/mol. The number of carbonyl (C=O) groups excluding carboxylic acids is 2. The first-order chi connectivity index (χ1) is 17.1. The molecule has 0 spiro atoms. The summed E-state index contributed by atoms with van der Waals surface area (Å²) in [6.07, 6.45) is 4.57. The number of ether oxygens (including phenoxy) is 1. The highest BCUT2D eigenvalue weighted by atomic mass is 32.1. The van der Waals surface area contributed by atoms with Crippen molar-refractivity contribution in [3.63, 3.8) is 0 Å². The molecule has 1 atom stereocenters. The minimum Gasteiger partial charge on any atom is -0.496 e. The van der Waals surface area contributed by atoms with Crippen LogP contribution in [0.4, 0.5) is 11.4 Å². The number of carbonyl (C=O) groups is 2. The topological polar surface area (TPSA) is 61.9 Å². The van der Waals surface area contributed by atoms with E-state index < -0.39 is 11.8 Å². The van der Waals surface area contributed by atoms with Crippen molar-refractivity contribution in [3.05, 3.63) is 58.7 Å². The number of nitrogens with zero attached hydrogens (tertiary/aromatic N) is 2. The maximum atomic E-state index is 13.5. The molecule has 0 saturated carbocycles. The molecule has 2 aliphatic heterocycles. The molecule has 1 fully saturated rings. The first-order valence-corrected chi connectivity index (χ1v) is 13.0. The Morgan fingerprint density at radius 2 is 1.86 bits per heavy atom. The lowest BCUT2D eigenvalue weighted by Gasteiger charge is -2.48. The van der Waals surface area contributed by atoms with E-state index in [1.807, 2.05) is 30.3 Å². The van der Waals surface area contributed by atoms with Gasteiger partial charge in [0.05, 0.1) is 12.8 Å². The zero-order chi connectivity index (χ0) is 26.2. The number of methoxy groups -OCH3 is 1. The van der Waals surface area contributed by atoms with E-state index in [1.165, 1.54) is 10.5 Å². The van der Waals surface area contributed by atoms with E-state index in [9.17, 15) is 9.59 Å². The number of hydrogen-bond acceptors (Lipinski definition) is 5. The highest BCUT2D eigenvalue weighted by Gasteiger charge is 2.38. The third-order valence-corrected chi connectivity index (χ3v) is 7.47. The van der Waals surface area contributed by atoms with Gasteiger partial charge in [-0.3, -0.25) is 19.8 Å². The summed E-state index contributed by atoms with van der Waals surface area (Å²) in [7, 11) is 1.62. The highest BCUT2D eigenvalue weighted by Crippen LogP contribution is 2.46. The van der Waals surface area contributed by atoms with Crippen LogP contribution in [0.2, 0.25) is 0 Å². The van der Waals surface area contributed by atoms with E-state index in [4.69, 9.17) is 17.0 Å². The van der Waals surface area contributed by atoms with Crippen LogP contribution in [0.25, 0.3) is 6.08 Å². The molecule has 36 heavy (non-hydrogen) atoms. The van der Waals surface area contributed by atoms with Crippen LogP contribution in [0.1, 0.15) is 70.1 Å². The zero-order valence-electron chi connectivity index (χ0n) is 22.0. The maximum absolute atomic E-state index is 13.5. The second-order valence-corrected chi connectivity index (χ2v) is 10.6. The number of aryl methyl sites for hydroxylation is 1. The first kappa shape index (κ1) is 25.9. The summed E-state index contributed by atoms with van der Waals surface area (Å²) in [5.74, 6) is -0.00869. The Balaban J connectivity index is 1.78. The molecule has 0 aliphatic carbocycles. The van der Waals surface area contributed by atoms with Crippen molar-refractivity contribution in [2.24, 2.45) is 0 Å². The molecule has 1 N–H and O–H groups in total. The Kier molecular flexibility index (Phi) is 7.23. The van der Waals surface area contributed by atoms with E-state index in [1.54, 1.807) is 13.2 Å². The summed E-state index contributed by atoms with van der Waals surface area (Å²) in [6.45, 7) is 12.0. The third kappa shape index (κ3) is 4.64. The molecule has 4 rings (SSSR count). The lowest BCUT2D eigenvalue weighted by atomic mass is 9.79. The van der Waals surface area contributed by atoms with Crippen LogP contribution in [-0.4, -0.2) is 36.1 Å². The Morgan fingerprint density at radius 1 is 1.17 bits per heavy atom. The molecule has 2 aliphatic rings. The van der Waals surface area contributed by atoms with Crippen molar-refractivity contribution in [2.45, 2.75) is 65.3 Å². The number of amides is 2. The van der Waals surface area contributed by atoms with Gasteiger partial charge in [-0.15, -0.1) is 0 Å². The Morgan fingerprint density at radius 3 is 2.47 bits per heavy atom. The van der Waals surface area contributed by atoms with Crippen molar-refractivity contribution in [3.8, 4) is 5.75 Å². The molecule has 2 heterocycles. The normalized spacial score (nSPS) is 20.4. The quantitative estimate of drug-likeness (QED) is 0.315. The van der Waals surface area contributed by atoms with Crippen LogP contribution >= 0.6 is 12.2 Å². The monoisotopic (exact) mass is 505 g/mol. The Labute approximate surface area is 219 Å². The van der Waals surface area contributed by atoms with Gasteiger partial charge in [0.2, 0.25) is 0 Å². The third-order valence-electron chi connectivity index (χ3n) is 7.19. The van der Waals surface area contributed by atoms with E-state index in [-0.39, 0.29) is 16.2 Å². The van der Waals surface area contributed by atoms with E-state index >= 15 is 0 Å². The van der Waals surface area contributed by atoms with E-state index in [2.05, 4.69) is 50.9 Å². The predicted octanol–water partition coefficient (Wildman–Crippen LogP) is 5.59. The summed E-state index contributed by atoms with van der Waals surface area (Å²) >= 11 is 5.36. The number of hydrogen-bond donors (Lipinski definition) is 1. The molecule has 2 amide bonds. The van der Waals surface area contributed by atoms with Gasteiger partial charge < -0.3 is 9.64 Å². The largest absolute Gasteiger partial charge is 0.496 e. The molecule has 1 saturated heterocycles. The van der Waals surface area contributed by atoms with Crippen LogP contribution in [-0.2, 0) is 16.0 Å². The van der Waals surface area contributed by atoms with Gasteiger partial charge in [0.25, 0.3) is 11.8 Å². The molecule has 6 nitrogen and oxygen atoms in total. The van der Waals surface area contributed by atoms with E-state index in [0.29, 0.717) is 22.9 Å². The predicted molar refractivity (Wildman–Crippen MR) is 150 cm³/mol. The highest BCUT2D eigenvalue weighted by molar-refractivity contribution is 7.80. The van der Waals surface area contributed by atoms with Crippen molar-refractivity contribution in [1.82, 2.24) is 5.32 Å². The average molecular weight is 506 g/mol. The van der Waals surface area contributed by atoms with Gasteiger partial charge in [0.1, 0.15) is 11.3 Å². The van der Waals surface area contributed by atoms with Gasteiger partial charge >= 0.3 is 0 Å². The van der Waals surface area contributed by atoms with Gasteiger partial charge in [-0.05, 0) is 86.6 Å². The smallest absolute Gasteiger partial charge is 0.270 e. The molecular formula is C29H35N3O3S.